The van der Waals surface area contributed by atoms with Crippen LogP contribution in [0.3, 0.4) is 0 Å². The zero-order valence-corrected chi connectivity index (χ0v) is 21.7. The zero-order chi connectivity index (χ0) is 27.6. The van der Waals surface area contributed by atoms with Crippen molar-refractivity contribution in [1.29, 1.82) is 0 Å². The van der Waals surface area contributed by atoms with Crippen LogP contribution in [-0.2, 0) is 30.2 Å². The molecule has 2 amide bonds. The van der Waals surface area contributed by atoms with Gasteiger partial charge in [0.2, 0.25) is 23.9 Å². The smallest absolute Gasteiger partial charge is 0.243 e. The maximum Gasteiger partial charge on any atom is 0.243 e. The molecule has 4 rings (SSSR count). The molecule has 1 aliphatic carbocycles. The van der Waals surface area contributed by atoms with Crippen LogP contribution in [0.4, 0.5) is 0 Å². The number of fused-ring (bicyclic) bond motifs is 2. The summed E-state index contributed by atoms with van der Waals surface area (Å²) in [7, 11) is 3.24. The summed E-state index contributed by atoms with van der Waals surface area (Å²) < 4.78 is 18.1. The van der Waals surface area contributed by atoms with Gasteiger partial charge in [-0.15, -0.1) is 0 Å². The van der Waals surface area contributed by atoms with Crippen LogP contribution in [0.1, 0.15) is 18.9 Å². The third kappa shape index (κ3) is 5.57. The number of carbonyl (C=O) groups is 2. The van der Waals surface area contributed by atoms with Crippen LogP contribution in [0.25, 0.3) is 0 Å². The number of amides is 2. The molecule has 2 saturated heterocycles. The molecule has 2 heterocycles. The van der Waals surface area contributed by atoms with Gasteiger partial charge in [0.25, 0.3) is 0 Å². The van der Waals surface area contributed by atoms with Gasteiger partial charge in [0.15, 0.2) is 0 Å². The van der Waals surface area contributed by atoms with E-state index < -0.39 is 78.6 Å². The van der Waals surface area contributed by atoms with Gasteiger partial charge < -0.3 is 56.5 Å². The number of benzene rings is 1. The number of aliphatic hydroxyl groups excluding tert-OH is 2. The van der Waals surface area contributed by atoms with E-state index in [4.69, 9.17) is 19.9 Å². The Morgan fingerprint density at radius 1 is 1.08 bits per heavy atom. The average Bonchev–Trinajstić information content (AvgIpc) is 2.89. The molecule has 0 bridgehead atoms. The van der Waals surface area contributed by atoms with E-state index in [2.05, 4.69) is 21.3 Å². The van der Waals surface area contributed by atoms with Gasteiger partial charge in [-0.05, 0) is 33.0 Å². The summed E-state index contributed by atoms with van der Waals surface area (Å²) in [6.07, 6.45) is -5.52. The van der Waals surface area contributed by atoms with Gasteiger partial charge in [0, 0.05) is 6.42 Å². The summed E-state index contributed by atoms with van der Waals surface area (Å²) in [4.78, 5) is 25.6. The number of carbonyl (C=O) groups excluding carboxylic acids is 2. The summed E-state index contributed by atoms with van der Waals surface area (Å²) in [5.74, 6) is -3.18. The predicted octanol–water partition coefficient (Wildman–Crippen LogP) is -3.32. The second-order valence-corrected chi connectivity index (χ2v) is 10.1. The van der Waals surface area contributed by atoms with Crippen molar-refractivity contribution in [1.82, 2.24) is 21.3 Å². The molecule has 13 heteroatoms. The number of hydrogen-bond donors (Lipinski definition) is 8. The van der Waals surface area contributed by atoms with Gasteiger partial charge in [-0.2, -0.15) is 0 Å². The first-order valence-electron chi connectivity index (χ1n) is 12.9. The Bertz CT molecular complexity index is 972. The average molecular weight is 538 g/mol. The fourth-order valence-electron chi connectivity index (χ4n) is 5.60. The van der Waals surface area contributed by atoms with E-state index >= 15 is 0 Å². The monoisotopic (exact) mass is 537 g/mol. The number of nitrogens with two attached hydrogens (primary N) is 1. The Morgan fingerprint density at radius 2 is 1.76 bits per heavy atom. The van der Waals surface area contributed by atoms with Gasteiger partial charge in [-0.3, -0.25) is 9.59 Å². The Labute approximate surface area is 221 Å². The molecule has 1 saturated carbocycles. The minimum absolute atomic E-state index is 0.177. The molecule has 0 radical (unpaired) electrons. The Morgan fingerprint density at radius 3 is 2.39 bits per heavy atom. The number of aliphatic hydroxyl groups is 3. The van der Waals surface area contributed by atoms with Crippen molar-refractivity contribution < 1.29 is 39.1 Å². The van der Waals surface area contributed by atoms with Crippen LogP contribution in [0.15, 0.2) is 30.3 Å². The largest absolute Gasteiger partial charge is 0.390 e. The third-order valence-corrected chi connectivity index (χ3v) is 7.59. The summed E-state index contributed by atoms with van der Waals surface area (Å²) in [5, 5.41) is 44.9. The Hall–Kier alpha value is -2.20. The van der Waals surface area contributed by atoms with E-state index in [0.717, 1.165) is 5.56 Å². The highest BCUT2D eigenvalue weighted by Gasteiger charge is 2.63. The number of hydrogen-bond acceptors (Lipinski definition) is 11. The summed E-state index contributed by atoms with van der Waals surface area (Å²) >= 11 is 0. The molecular weight excluding hydrogens is 498 g/mol. The molecule has 1 aromatic rings. The van der Waals surface area contributed by atoms with E-state index in [9.17, 15) is 24.9 Å². The lowest BCUT2D eigenvalue weighted by Crippen LogP contribution is -2.79. The maximum atomic E-state index is 13.5. The fraction of sp³-hybridized carbons (Fsp3) is 0.680. The highest BCUT2D eigenvalue weighted by Crippen LogP contribution is 2.42. The SMILES string of the molecule is CN[C@@H]1[C@H](O)[C@H](NC)C2O[C@]3(O)C(OC2[C@H]1O)O[C@H](C)C[C@H]3NC(=O)[C@H](Cc1ccccc1)NC(=O)CN. The molecule has 3 fully saturated rings. The summed E-state index contributed by atoms with van der Waals surface area (Å²) in [5.41, 5.74) is 6.29. The normalized spacial score (nSPS) is 39.4. The topological polar surface area (TPSA) is 197 Å². The van der Waals surface area contributed by atoms with Crippen molar-refractivity contribution >= 4 is 11.8 Å². The van der Waals surface area contributed by atoms with Gasteiger partial charge in [-0.1, -0.05) is 30.3 Å². The fourth-order valence-corrected chi connectivity index (χ4v) is 5.60. The third-order valence-electron chi connectivity index (χ3n) is 7.59. The number of likely N-dealkylation sites (N-methyl/N-ethyl adjacent to an activating group) is 2. The quantitative estimate of drug-likeness (QED) is 0.165. The van der Waals surface area contributed by atoms with Crippen molar-refractivity contribution in [2.75, 3.05) is 20.6 Å². The van der Waals surface area contributed by atoms with Crippen LogP contribution in [0, 0.1) is 0 Å². The van der Waals surface area contributed by atoms with Gasteiger partial charge >= 0.3 is 0 Å². The second kappa shape index (κ2) is 11.9. The second-order valence-electron chi connectivity index (χ2n) is 10.1. The Balaban J connectivity index is 1.58. The highest BCUT2D eigenvalue weighted by atomic mass is 16.8. The number of ether oxygens (including phenoxy) is 3. The zero-order valence-electron chi connectivity index (χ0n) is 21.7. The molecule has 38 heavy (non-hydrogen) atoms. The first-order chi connectivity index (χ1) is 18.1. The van der Waals surface area contributed by atoms with Crippen molar-refractivity contribution in [3.63, 3.8) is 0 Å². The molecule has 0 spiro atoms. The Kier molecular flexibility index (Phi) is 9.02. The molecule has 212 valence electrons. The molecule has 3 unspecified atom stereocenters. The predicted molar refractivity (Wildman–Crippen MR) is 134 cm³/mol. The minimum atomic E-state index is -2.14. The first kappa shape index (κ1) is 28.8. The van der Waals surface area contributed by atoms with E-state index in [1.54, 1.807) is 21.0 Å². The summed E-state index contributed by atoms with van der Waals surface area (Å²) in [6, 6.07) is 5.79. The van der Waals surface area contributed by atoms with Crippen LogP contribution in [0.5, 0.6) is 0 Å². The van der Waals surface area contributed by atoms with Gasteiger partial charge in [-0.25, -0.2) is 0 Å². The molecule has 9 N–H and O–H groups in total. The van der Waals surface area contributed by atoms with E-state index in [1.165, 1.54) is 0 Å². The van der Waals surface area contributed by atoms with Crippen LogP contribution in [-0.4, -0.2) is 115 Å². The molecular formula is C25H39N5O8. The molecule has 3 aliphatic rings. The van der Waals surface area contributed by atoms with E-state index in [-0.39, 0.29) is 19.4 Å². The first-order valence-corrected chi connectivity index (χ1v) is 12.9. The van der Waals surface area contributed by atoms with Crippen LogP contribution >= 0.6 is 0 Å². The van der Waals surface area contributed by atoms with Crippen molar-refractivity contribution in [3.05, 3.63) is 35.9 Å². The maximum absolute atomic E-state index is 13.5. The van der Waals surface area contributed by atoms with E-state index in [0.29, 0.717) is 0 Å². The van der Waals surface area contributed by atoms with Crippen LogP contribution in [0.2, 0.25) is 0 Å². The number of rotatable bonds is 8. The summed E-state index contributed by atoms with van der Waals surface area (Å²) in [6.45, 7) is 1.47. The van der Waals surface area contributed by atoms with E-state index in [1.807, 2.05) is 30.3 Å². The molecule has 11 atom stereocenters. The van der Waals surface area contributed by atoms with Crippen molar-refractivity contribution in [2.45, 2.75) is 86.5 Å². The standard InChI is InChI=1S/C25H39N5O8/c1-12-9-15(30-23(34)14(29-16(31)11-26)10-13-7-5-4-6-8-13)25(35)24(36-12)37-22-20(33)17(27-2)19(32)18(28-3)21(22)38-25/h4-8,12,14-15,17-22,24,27-28,32-33,35H,9-11,26H2,1-3H3,(H,29,31)(H,30,34)/t12-,14+,15-,17-,18+,19+,20+,21?,22?,24?,25+/m1/s1. The minimum Gasteiger partial charge on any atom is -0.390 e. The lowest BCUT2D eigenvalue weighted by Gasteiger charge is -2.58. The van der Waals surface area contributed by atoms with Gasteiger partial charge in [0.05, 0.1) is 36.9 Å². The lowest BCUT2D eigenvalue weighted by molar-refractivity contribution is -0.449. The van der Waals surface area contributed by atoms with Crippen LogP contribution < -0.4 is 27.0 Å². The molecule has 0 aromatic heterocycles. The number of nitrogens with one attached hydrogen (secondary N) is 4. The molecule has 2 aliphatic heterocycles. The van der Waals surface area contributed by atoms with Gasteiger partial charge in [0.1, 0.15) is 24.4 Å². The molecule has 13 nitrogen and oxygen atoms in total. The van der Waals surface area contributed by atoms with Crippen molar-refractivity contribution in [2.24, 2.45) is 5.73 Å². The lowest BCUT2D eigenvalue weighted by atomic mass is 9.79. The van der Waals surface area contributed by atoms with Crippen molar-refractivity contribution in [3.8, 4) is 0 Å². The highest BCUT2D eigenvalue weighted by molar-refractivity contribution is 5.88. The molecule has 1 aromatic carbocycles.